The van der Waals surface area contributed by atoms with Crippen molar-refractivity contribution in [3.8, 4) is 0 Å². The second-order valence-corrected chi connectivity index (χ2v) is 10.4. The van der Waals surface area contributed by atoms with Gasteiger partial charge >= 0.3 is 11.9 Å². The van der Waals surface area contributed by atoms with Crippen molar-refractivity contribution in [3.63, 3.8) is 0 Å². The monoisotopic (exact) mass is 599 g/mol. The predicted molar refractivity (Wildman–Crippen MR) is 145 cm³/mol. The number of aromatic amines is 1. The Morgan fingerprint density at radius 3 is 2.44 bits per heavy atom. The van der Waals surface area contributed by atoms with E-state index in [1.54, 1.807) is 12.1 Å². The van der Waals surface area contributed by atoms with Gasteiger partial charge in [0.05, 0.1) is 13.0 Å². The summed E-state index contributed by atoms with van der Waals surface area (Å²) in [6.45, 7) is -0.0680. The van der Waals surface area contributed by atoms with Gasteiger partial charge in [-0.3, -0.25) is 33.7 Å². The lowest BCUT2D eigenvalue weighted by Crippen LogP contribution is -2.58. The number of anilines is 1. The van der Waals surface area contributed by atoms with Crippen molar-refractivity contribution >= 4 is 41.4 Å². The highest BCUT2D eigenvalue weighted by molar-refractivity contribution is 6.06. The second kappa shape index (κ2) is 14.3. The van der Waals surface area contributed by atoms with Gasteiger partial charge in [-0.05, 0) is 36.8 Å². The Kier molecular flexibility index (Phi) is 10.3. The van der Waals surface area contributed by atoms with E-state index in [0.29, 0.717) is 18.4 Å². The first kappa shape index (κ1) is 31.0. The highest BCUT2D eigenvalue weighted by atomic mass is 16.4. The number of carboxylic acid groups (broad SMARTS) is 2. The van der Waals surface area contributed by atoms with Crippen molar-refractivity contribution in [2.45, 2.75) is 82.5 Å². The predicted octanol–water partition coefficient (Wildman–Crippen LogP) is -0.942. The van der Waals surface area contributed by atoms with Crippen LogP contribution in [-0.4, -0.2) is 89.5 Å². The number of aromatic nitrogens is 5. The summed E-state index contributed by atoms with van der Waals surface area (Å²) < 4.78 is 0. The third kappa shape index (κ3) is 8.08. The number of carbonyl (C=O) groups is 6. The first-order valence-electron chi connectivity index (χ1n) is 13.9. The summed E-state index contributed by atoms with van der Waals surface area (Å²) in [6, 6.07) is -0.118. The van der Waals surface area contributed by atoms with E-state index in [0.717, 1.165) is 17.7 Å². The van der Waals surface area contributed by atoms with E-state index in [-0.39, 0.29) is 43.4 Å². The molecule has 6 N–H and O–H groups in total. The van der Waals surface area contributed by atoms with Crippen molar-refractivity contribution in [3.05, 3.63) is 29.7 Å². The number of carbonyl (C=O) groups excluding carboxylic acids is 4. The quantitative estimate of drug-likeness (QED) is 0.154. The molecule has 2 aromatic rings. The van der Waals surface area contributed by atoms with E-state index in [1.807, 2.05) is 0 Å². The van der Waals surface area contributed by atoms with E-state index in [4.69, 9.17) is 5.11 Å². The zero-order valence-electron chi connectivity index (χ0n) is 23.2. The minimum Gasteiger partial charge on any atom is -0.481 e. The number of pyridine rings is 1. The minimum atomic E-state index is -1.37. The van der Waals surface area contributed by atoms with Gasteiger partial charge in [0.1, 0.15) is 23.9 Å². The maximum atomic E-state index is 14.1. The molecule has 4 rings (SSSR count). The molecule has 2 aromatic heterocycles. The maximum absolute atomic E-state index is 14.1. The summed E-state index contributed by atoms with van der Waals surface area (Å²) in [5.41, 5.74) is 0.605. The molecule has 17 heteroatoms. The number of hydrogen-bond acceptors (Lipinski definition) is 10. The van der Waals surface area contributed by atoms with Crippen LogP contribution >= 0.6 is 0 Å². The molecule has 0 radical (unpaired) electrons. The van der Waals surface area contributed by atoms with Gasteiger partial charge in [-0.1, -0.05) is 24.1 Å². The highest BCUT2D eigenvalue weighted by Crippen LogP contribution is 2.32. The molecule has 4 amide bonds. The van der Waals surface area contributed by atoms with Crippen molar-refractivity contribution in [2.75, 3.05) is 4.90 Å². The lowest BCUT2D eigenvalue weighted by Gasteiger charge is -2.30. The number of nitrogens with zero attached hydrogens (tertiary/aromatic N) is 5. The third-order valence-electron chi connectivity index (χ3n) is 7.47. The molecule has 1 aliphatic heterocycles. The van der Waals surface area contributed by atoms with Gasteiger partial charge in [0.2, 0.25) is 17.7 Å². The molecule has 0 aromatic carbocycles. The summed E-state index contributed by atoms with van der Waals surface area (Å²) in [4.78, 5) is 81.2. The van der Waals surface area contributed by atoms with E-state index in [1.165, 1.54) is 6.20 Å². The molecule has 0 saturated heterocycles. The zero-order chi connectivity index (χ0) is 30.9. The largest absolute Gasteiger partial charge is 0.481 e. The van der Waals surface area contributed by atoms with Gasteiger partial charge < -0.3 is 26.2 Å². The van der Waals surface area contributed by atoms with Crippen LogP contribution in [0.2, 0.25) is 0 Å². The van der Waals surface area contributed by atoms with Gasteiger partial charge in [-0.15, -0.1) is 10.2 Å². The fourth-order valence-corrected chi connectivity index (χ4v) is 5.37. The van der Waals surface area contributed by atoms with Crippen LogP contribution in [0.4, 0.5) is 5.82 Å². The molecular formula is C26H33N9O8. The molecule has 0 bridgehead atoms. The molecule has 2 aliphatic rings. The van der Waals surface area contributed by atoms with Crippen LogP contribution in [0.1, 0.15) is 62.8 Å². The molecule has 3 atom stereocenters. The van der Waals surface area contributed by atoms with Crippen LogP contribution in [0.5, 0.6) is 0 Å². The first-order valence-corrected chi connectivity index (χ1v) is 13.9. The molecular weight excluding hydrogens is 566 g/mol. The SMILES string of the molecule is O=C(O)CCC(=O)NC(C(=O)NC(CCC(=O)O)C(=O)N1c2ncccc2CC1C(=O)NCc1nn[nH]n1)C1CCCC1. The van der Waals surface area contributed by atoms with Crippen molar-refractivity contribution < 1.29 is 39.0 Å². The molecule has 17 nitrogen and oxygen atoms in total. The molecule has 43 heavy (non-hydrogen) atoms. The highest BCUT2D eigenvalue weighted by Gasteiger charge is 2.43. The zero-order valence-corrected chi connectivity index (χ0v) is 23.2. The second-order valence-electron chi connectivity index (χ2n) is 10.4. The summed E-state index contributed by atoms with van der Waals surface area (Å²) >= 11 is 0. The average Bonchev–Trinajstić information content (AvgIpc) is 3.76. The Morgan fingerprint density at radius 2 is 1.77 bits per heavy atom. The number of aliphatic carboxylic acids is 2. The molecule has 3 unspecified atom stereocenters. The van der Waals surface area contributed by atoms with Crippen LogP contribution in [0.15, 0.2) is 18.3 Å². The molecule has 1 saturated carbocycles. The van der Waals surface area contributed by atoms with Crippen LogP contribution in [-0.2, 0) is 41.7 Å². The Balaban J connectivity index is 1.56. The fourth-order valence-electron chi connectivity index (χ4n) is 5.37. The maximum Gasteiger partial charge on any atom is 0.303 e. The van der Waals surface area contributed by atoms with Crippen molar-refractivity contribution in [2.24, 2.45) is 5.92 Å². The Morgan fingerprint density at radius 1 is 1.02 bits per heavy atom. The van der Waals surface area contributed by atoms with Gasteiger partial charge in [0.15, 0.2) is 5.82 Å². The normalized spacial score (nSPS) is 17.5. The molecule has 230 valence electrons. The number of tetrazole rings is 1. The number of rotatable bonds is 14. The van der Waals surface area contributed by atoms with Crippen molar-refractivity contribution in [1.29, 1.82) is 0 Å². The number of fused-ring (bicyclic) bond motifs is 1. The molecule has 1 fully saturated rings. The van der Waals surface area contributed by atoms with Crippen LogP contribution < -0.4 is 20.9 Å². The average molecular weight is 600 g/mol. The number of hydrogen-bond donors (Lipinski definition) is 6. The Bertz CT molecular complexity index is 1350. The summed E-state index contributed by atoms with van der Waals surface area (Å²) in [6.07, 6.45) is 3.01. The van der Waals surface area contributed by atoms with Gasteiger partial charge in [0.25, 0.3) is 5.91 Å². The number of amides is 4. The van der Waals surface area contributed by atoms with Crippen LogP contribution in [0.25, 0.3) is 0 Å². The summed E-state index contributed by atoms with van der Waals surface area (Å²) in [5.74, 6) is -4.80. The fraction of sp³-hybridized carbons (Fsp3) is 0.538. The number of nitrogens with one attached hydrogen (secondary N) is 4. The first-order chi connectivity index (χ1) is 20.6. The Hall–Kier alpha value is -4.96. The topological polar surface area (TPSA) is 250 Å². The number of carboxylic acids is 2. The summed E-state index contributed by atoms with van der Waals surface area (Å²) in [7, 11) is 0. The molecule has 3 heterocycles. The lowest BCUT2D eigenvalue weighted by atomic mass is 9.96. The third-order valence-corrected chi connectivity index (χ3v) is 7.47. The number of H-pyrrole nitrogens is 1. The smallest absolute Gasteiger partial charge is 0.303 e. The van der Waals surface area contributed by atoms with Gasteiger partial charge in [-0.25, -0.2) is 4.98 Å². The van der Waals surface area contributed by atoms with E-state index < -0.39 is 66.5 Å². The Labute approximate surface area is 245 Å². The van der Waals surface area contributed by atoms with E-state index in [9.17, 15) is 33.9 Å². The minimum absolute atomic E-state index is 0.0680. The van der Waals surface area contributed by atoms with E-state index in [2.05, 4.69) is 41.6 Å². The van der Waals surface area contributed by atoms with Crippen molar-refractivity contribution in [1.82, 2.24) is 41.6 Å². The molecule has 1 aliphatic carbocycles. The molecule has 0 spiro atoms. The lowest BCUT2D eigenvalue weighted by molar-refractivity contribution is -0.140. The van der Waals surface area contributed by atoms with Gasteiger partial charge in [0, 0.05) is 25.5 Å². The van der Waals surface area contributed by atoms with E-state index >= 15 is 0 Å². The van der Waals surface area contributed by atoms with Crippen LogP contribution in [0, 0.1) is 5.92 Å². The van der Waals surface area contributed by atoms with Crippen LogP contribution in [0.3, 0.4) is 0 Å². The van der Waals surface area contributed by atoms with Gasteiger partial charge in [-0.2, -0.15) is 5.21 Å². The standard InChI is InChI=1S/C26H33N9O8/c36-19(8-10-21(39)40)30-22(14-4-1-2-5-14)25(42)29-16(7-9-20(37)38)26(43)35-17(12-15-6-3-11-27-23(15)35)24(41)28-13-18-31-33-34-32-18/h3,6,11,14,16-17,22H,1-2,4-5,7-10,12-13H2,(H,28,41)(H,29,42)(H,30,36)(H,37,38)(H,39,40)(H,31,32,33,34). The summed E-state index contributed by atoms with van der Waals surface area (Å²) in [5, 5.41) is 39.5.